The lowest BCUT2D eigenvalue weighted by Crippen LogP contribution is -2.45. The molecule has 13 heavy (non-hydrogen) atoms. The lowest BCUT2D eigenvalue weighted by atomic mass is 10.2. The Balaban J connectivity index is 3.76. The minimum absolute atomic E-state index is 0.551. The van der Waals surface area contributed by atoms with Crippen LogP contribution in [0.25, 0.3) is 0 Å². The first-order chi connectivity index (χ1) is 6.28. The van der Waals surface area contributed by atoms with Gasteiger partial charge < -0.3 is 8.85 Å². The highest BCUT2D eigenvalue weighted by molar-refractivity contribution is 6.41. The van der Waals surface area contributed by atoms with Gasteiger partial charge >= 0.3 is 9.45 Å². The fourth-order valence-electron chi connectivity index (χ4n) is 1.16. The first kappa shape index (κ1) is 13.1. The fraction of sp³-hybridized carbons (Fsp3) is 1.00. The zero-order valence-electron chi connectivity index (χ0n) is 9.30. The van der Waals surface area contributed by atoms with E-state index in [4.69, 9.17) is 8.85 Å². The maximum absolute atomic E-state index is 5.52. The molecule has 0 fully saturated rings. The number of rotatable bonds is 8. The van der Waals surface area contributed by atoms with Crippen molar-refractivity contribution in [2.75, 3.05) is 13.2 Å². The zero-order chi connectivity index (χ0) is 10.1. The molecule has 0 heterocycles. The molecule has 0 unspecified atom stereocenters. The Morgan fingerprint density at radius 1 is 1.00 bits per heavy atom. The second kappa shape index (κ2) is 8.68. The van der Waals surface area contributed by atoms with E-state index in [1.54, 1.807) is 0 Å². The molecule has 0 saturated carbocycles. The molecule has 0 saturated heterocycles. The van der Waals surface area contributed by atoms with E-state index in [9.17, 15) is 0 Å². The number of hydrogen-bond acceptors (Lipinski definition) is 3. The van der Waals surface area contributed by atoms with E-state index >= 15 is 0 Å². The molecule has 4 heteroatoms. The minimum Gasteiger partial charge on any atom is -0.385 e. The molecule has 0 spiro atoms. The van der Waals surface area contributed by atoms with Crippen molar-refractivity contribution in [3.05, 3.63) is 0 Å². The molecule has 0 rings (SSSR count). The average Bonchev–Trinajstić information content (AvgIpc) is 2.14. The molecule has 0 aromatic carbocycles. The monoisotopic (exact) mass is 205 g/mol. The second-order valence-corrected chi connectivity index (χ2v) is 4.59. The van der Waals surface area contributed by atoms with Gasteiger partial charge in [-0.2, -0.15) is 0 Å². The van der Waals surface area contributed by atoms with Crippen LogP contribution in [0.2, 0.25) is 0 Å². The van der Waals surface area contributed by atoms with Gasteiger partial charge in [-0.15, -0.1) is 0 Å². The van der Waals surface area contributed by atoms with Crippen molar-refractivity contribution < 1.29 is 8.85 Å². The van der Waals surface area contributed by atoms with E-state index in [0.717, 1.165) is 26.1 Å². The van der Waals surface area contributed by atoms with Crippen molar-refractivity contribution >= 4 is 9.45 Å². The summed E-state index contributed by atoms with van der Waals surface area (Å²) < 4.78 is 11.0. The summed E-state index contributed by atoms with van der Waals surface area (Å²) in [6, 6.07) is 0.551. The van der Waals surface area contributed by atoms with Crippen LogP contribution in [0.4, 0.5) is 0 Å². The van der Waals surface area contributed by atoms with Crippen LogP contribution in [0.15, 0.2) is 0 Å². The van der Waals surface area contributed by atoms with Crippen molar-refractivity contribution in [2.24, 2.45) is 0 Å². The van der Waals surface area contributed by atoms with Crippen molar-refractivity contribution in [1.29, 1.82) is 0 Å². The van der Waals surface area contributed by atoms with E-state index in [0.29, 0.717) is 6.04 Å². The number of nitrogens with one attached hydrogen (secondary N) is 1. The molecule has 1 N–H and O–H groups in total. The molecule has 0 bridgehead atoms. The highest BCUT2D eigenvalue weighted by Gasteiger charge is 2.15. The molecule has 0 aliphatic rings. The first-order valence-corrected chi connectivity index (χ1v) is 6.79. The van der Waals surface area contributed by atoms with Crippen LogP contribution in [0.3, 0.4) is 0 Å². The largest absolute Gasteiger partial charge is 0.408 e. The first-order valence-electron chi connectivity index (χ1n) is 5.27. The standard InChI is InChI=1S/C9H23NO2Si/c1-5-9(6-2)10-13(11-7-3)12-8-4/h9-10,13H,5-8H2,1-4H3. The fourth-order valence-corrected chi connectivity index (χ4v) is 2.91. The Morgan fingerprint density at radius 3 is 1.77 bits per heavy atom. The smallest absolute Gasteiger partial charge is 0.385 e. The highest BCUT2D eigenvalue weighted by atomic mass is 28.3. The normalized spacial score (nSPS) is 11.5. The average molecular weight is 205 g/mol. The summed E-state index contributed by atoms with van der Waals surface area (Å²) in [4.78, 5) is 3.45. The van der Waals surface area contributed by atoms with E-state index in [-0.39, 0.29) is 0 Å². The van der Waals surface area contributed by atoms with Gasteiger partial charge in [-0.25, -0.2) is 0 Å². The van der Waals surface area contributed by atoms with Gasteiger partial charge in [0.2, 0.25) is 0 Å². The summed E-state index contributed by atoms with van der Waals surface area (Å²) in [7, 11) is -1.58. The van der Waals surface area contributed by atoms with E-state index in [1.165, 1.54) is 0 Å². The van der Waals surface area contributed by atoms with Gasteiger partial charge in [0.05, 0.1) is 0 Å². The van der Waals surface area contributed by atoms with Crippen LogP contribution in [0.5, 0.6) is 0 Å². The van der Waals surface area contributed by atoms with Crippen molar-refractivity contribution in [2.45, 2.75) is 46.6 Å². The maximum Gasteiger partial charge on any atom is 0.408 e. The van der Waals surface area contributed by atoms with E-state index < -0.39 is 9.45 Å². The molecule has 80 valence electrons. The van der Waals surface area contributed by atoms with Crippen LogP contribution in [-0.2, 0) is 8.85 Å². The van der Waals surface area contributed by atoms with Crippen molar-refractivity contribution in [1.82, 2.24) is 4.98 Å². The predicted molar refractivity (Wildman–Crippen MR) is 57.9 cm³/mol. The summed E-state index contributed by atoms with van der Waals surface area (Å²) in [6.07, 6.45) is 2.28. The van der Waals surface area contributed by atoms with Crippen molar-refractivity contribution in [3.8, 4) is 0 Å². The molecule has 0 aliphatic carbocycles. The Morgan fingerprint density at radius 2 is 1.46 bits per heavy atom. The van der Waals surface area contributed by atoms with Gasteiger partial charge in [0.1, 0.15) is 0 Å². The molecular formula is C9H23NO2Si. The molecule has 0 aromatic rings. The zero-order valence-corrected chi connectivity index (χ0v) is 10.5. The Hall–Kier alpha value is 0.0969. The predicted octanol–water partition coefficient (Wildman–Crippen LogP) is 1.55. The lowest BCUT2D eigenvalue weighted by Gasteiger charge is -2.21. The summed E-state index contributed by atoms with van der Waals surface area (Å²) in [6.45, 7) is 9.87. The van der Waals surface area contributed by atoms with Gasteiger partial charge in [0.15, 0.2) is 0 Å². The molecule has 0 atom stereocenters. The number of hydrogen-bond donors (Lipinski definition) is 1. The summed E-state index contributed by atoms with van der Waals surface area (Å²) in [5.74, 6) is 0. The Bertz CT molecular complexity index is 104. The maximum atomic E-state index is 5.52. The third kappa shape index (κ3) is 6.21. The molecule has 0 radical (unpaired) electrons. The van der Waals surface area contributed by atoms with Gasteiger partial charge in [0.25, 0.3) is 0 Å². The Labute approximate surface area is 83.7 Å². The van der Waals surface area contributed by atoms with E-state index in [1.807, 2.05) is 13.8 Å². The van der Waals surface area contributed by atoms with E-state index in [2.05, 4.69) is 18.8 Å². The molecule has 0 aromatic heterocycles. The third-order valence-electron chi connectivity index (χ3n) is 1.99. The van der Waals surface area contributed by atoms with Crippen molar-refractivity contribution in [3.63, 3.8) is 0 Å². The van der Waals surface area contributed by atoms with Crippen LogP contribution in [-0.4, -0.2) is 28.7 Å². The molecule has 3 nitrogen and oxygen atoms in total. The van der Waals surface area contributed by atoms with Gasteiger partial charge in [-0.1, -0.05) is 13.8 Å². The SMILES string of the molecule is CCO[SiH](NC(CC)CC)OCC. The van der Waals surface area contributed by atoms with Gasteiger partial charge in [0, 0.05) is 19.3 Å². The highest BCUT2D eigenvalue weighted by Crippen LogP contribution is 1.98. The third-order valence-corrected chi connectivity index (χ3v) is 4.01. The molecular weight excluding hydrogens is 182 g/mol. The van der Waals surface area contributed by atoms with Crippen LogP contribution >= 0.6 is 0 Å². The summed E-state index contributed by atoms with van der Waals surface area (Å²) >= 11 is 0. The quantitative estimate of drug-likeness (QED) is 0.610. The Kier molecular flexibility index (Phi) is 8.75. The van der Waals surface area contributed by atoms with Crippen LogP contribution < -0.4 is 4.98 Å². The van der Waals surface area contributed by atoms with Gasteiger partial charge in [-0.3, -0.25) is 4.98 Å². The van der Waals surface area contributed by atoms with Gasteiger partial charge in [-0.05, 0) is 26.7 Å². The summed E-state index contributed by atoms with van der Waals surface area (Å²) in [5.41, 5.74) is 0. The topological polar surface area (TPSA) is 30.5 Å². The second-order valence-electron chi connectivity index (χ2n) is 2.92. The lowest BCUT2D eigenvalue weighted by molar-refractivity contribution is 0.197. The summed E-state index contributed by atoms with van der Waals surface area (Å²) in [5, 5.41) is 0. The van der Waals surface area contributed by atoms with Crippen LogP contribution in [0.1, 0.15) is 40.5 Å². The molecule has 0 amide bonds. The molecule has 0 aliphatic heterocycles. The van der Waals surface area contributed by atoms with Crippen LogP contribution in [0, 0.1) is 0 Å². The minimum atomic E-state index is -1.58.